The minimum atomic E-state index is -3.26. The third-order valence-corrected chi connectivity index (χ3v) is 9.21. The number of hydrogen-bond donors (Lipinski definition) is 2. The standard InChI is InChI=1S/C26H43N7O4S/c1-20-14-27-25(30-24(20)22-15-28-32(17-22)19-26(2,3)34)29-23-7-11-33(12-8-23)38(35,36)13-5-9-31-10-6-21(16-31)18-37-4/h14-15,17,21,23,34H,5-13,16,18-19H2,1-4H3,(H,27,29,30)/t21-/m0/s1. The van der Waals surface area contributed by atoms with Crippen LogP contribution in [0.15, 0.2) is 18.6 Å². The summed E-state index contributed by atoms with van der Waals surface area (Å²) < 4.78 is 34.5. The van der Waals surface area contributed by atoms with Crippen LogP contribution in [0.2, 0.25) is 0 Å². The van der Waals surface area contributed by atoms with Gasteiger partial charge >= 0.3 is 0 Å². The molecule has 4 heterocycles. The summed E-state index contributed by atoms with van der Waals surface area (Å²) in [4.78, 5) is 11.5. The third-order valence-electron chi connectivity index (χ3n) is 7.26. The molecule has 12 heteroatoms. The fraction of sp³-hybridized carbons (Fsp3) is 0.731. The van der Waals surface area contributed by atoms with Crippen LogP contribution in [0.25, 0.3) is 11.3 Å². The number of nitrogens with zero attached hydrogens (tertiary/aromatic N) is 6. The van der Waals surface area contributed by atoms with Crippen molar-refractivity contribution in [1.29, 1.82) is 0 Å². The summed E-state index contributed by atoms with van der Waals surface area (Å²) >= 11 is 0. The number of likely N-dealkylation sites (tertiary alicyclic amines) is 1. The predicted octanol–water partition coefficient (Wildman–Crippen LogP) is 1.98. The topological polar surface area (TPSA) is 126 Å². The molecule has 0 aromatic carbocycles. The van der Waals surface area contributed by atoms with Crippen molar-refractivity contribution in [3.8, 4) is 11.3 Å². The van der Waals surface area contributed by atoms with Crippen LogP contribution in [0.4, 0.5) is 5.95 Å². The van der Waals surface area contributed by atoms with Gasteiger partial charge in [-0.3, -0.25) is 4.68 Å². The monoisotopic (exact) mass is 549 g/mol. The lowest BCUT2D eigenvalue weighted by Crippen LogP contribution is -2.43. The zero-order valence-corrected chi connectivity index (χ0v) is 24.0. The smallest absolute Gasteiger partial charge is 0.223 e. The minimum Gasteiger partial charge on any atom is -0.389 e. The Hall–Kier alpha value is -2.12. The van der Waals surface area contributed by atoms with E-state index in [-0.39, 0.29) is 11.8 Å². The lowest BCUT2D eigenvalue weighted by atomic mass is 10.1. The van der Waals surface area contributed by atoms with Crippen molar-refractivity contribution in [2.45, 2.75) is 64.6 Å². The molecule has 2 aromatic heterocycles. The van der Waals surface area contributed by atoms with Gasteiger partial charge in [-0.2, -0.15) is 5.10 Å². The van der Waals surface area contributed by atoms with Crippen LogP contribution in [0.3, 0.4) is 0 Å². The van der Waals surface area contributed by atoms with E-state index in [2.05, 4.69) is 20.3 Å². The summed E-state index contributed by atoms with van der Waals surface area (Å²) in [5.74, 6) is 1.29. The molecule has 2 aliphatic rings. The van der Waals surface area contributed by atoms with Gasteiger partial charge in [0.25, 0.3) is 0 Å². The summed E-state index contributed by atoms with van der Waals surface area (Å²) in [6, 6.07) is 0.109. The Labute approximate surface area is 226 Å². The molecule has 0 unspecified atom stereocenters. The average Bonchev–Trinajstić information content (AvgIpc) is 3.49. The Bertz CT molecular complexity index is 1160. The van der Waals surface area contributed by atoms with Crippen LogP contribution in [0.1, 0.15) is 45.1 Å². The number of rotatable bonds is 12. The Morgan fingerprint density at radius 2 is 1.95 bits per heavy atom. The highest BCUT2D eigenvalue weighted by Crippen LogP contribution is 2.24. The van der Waals surface area contributed by atoms with E-state index in [0.29, 0.717) is 50.8 Å². The number of ether oxygens (including phenoxy) is 1. The Balaban J connectivity index is 1.26. The maximum Gasteiger partial charge on any atom is 0.223 e. The molecule has 0 saturated carbocycles. The number of aliphatic hydroxyl groups is 1. The number of sulfonamides is 1. The quantitative estimate of drug-likeness (QED) is 0.409. The van der Waals surface area contributed by atoms with Gasteiger partial charge in [0, 0.05) is 50.7 Å². The number of aromatic nitrogens is 4. The maximum atomic E-state index is 12.9. The molecule has 0 spiro atoms. The molecule has 11 nitrogen and oxygen atoms in total. The van der Waals surface area contributed by atoms with Gasteiger partial charge in [0.1, 0.15) is 0 Å². The van der Waals surface area contributed by atoms with E-state index in [1.54, 1.807) is 42.3 Å². The van der Waals surface area contributed by atoms with Crippen molar-refractivity contribution in [1.82, 2.24) is 29.0 Å². The van der Waals surface area contributed by atoms with E-state index in [4.69, 9.17) is 9.72 Å². The fourth-order valence-corrected chi connectivity index (χ4v) is 6.84. The molecule has 212 valence electrons. The van der Waals surface area contributed by atoms with E-state index in [1.807, 2.05) is 13.1 Å². The molecule has 0 amide bonds. The van der Waals surface area contributed by atoms with Crippen LogP contribution in [0, 0.1) is 12.8 Å². The summed E-state index contributed by atoms with van der Waals surface area (Å²) in [7, 11) is -1.53. The van der Waals surface area contributed by atoms with E-state index in [9.17, 15) is 13.5 Å². The van der Waals surface area contributed by atoms with Crippen molar-refractivity contribution in [3.63, 3.8) is 0 Å². The zero-order valence-electron chi connectivity index (χ0n) is 23.1. The number of nitrogens with one attached hydrogen (secondary N) is 1. The van der Waals surface area contributed by atoms with Crippen LogP contribution < -0.4 is 5.32 Å². The SMILES string of the molecule is COC[C@H]1CCN(CCCS(=O)(=O)N2CCC(Nc3ncc(C)c(-c4cnn(CC(C)(C)O)c4)n3)CC2)C1. The lowest BCUT2D eigenvalue weighted by molar-refractivity contribution is 0.0577. The van der Waals surface area contributed by atoms with Crippen LogP contribution >= 0.6 is 0 Å². The molecule has 0 radical (unpaired) electrons. The van der Waals surface area contributed by atoms with Gasteiger partial charge in [-0.15, -0.1) is 0 Å². The molecule has 2 N–H and O–H groups in total. The molecule has 1 atom stereocenters. The van der Waals surface area contributed by atoms with Gasteiger partial charge in [-0.25, -0.2) is 22.7 Å². The molecule has 4 rings (SSSR count). The summed E-state index contributed by atoms with van der Waals surface area (Å²) in [6.45, 7) is 10.5. The Kier molecular flexibility index (Phi) is 9.40. The highest BCUT2D eigenvalue weighted by molar-refractivity contribution is 7.89. The van der Waals surface area contributed by atoms with E-state index < -0.39 is 15.6 Å². The predicted molar refractivity (Wildman–Crippen MR) is 147 cm³/mol. The first kappa shape index (κ1) is 28.9. The van der Waals surface area contributed by atoms with Crippen LogP contribution in [-0.2, 0) is 21.3 Å². The second kappa shape index (κ2) is 12.4. The highest BCUT2D eigenvalue weighted by Gasteiger charge is 2.29. The largest absolute Gasteiger partial charge is 0.389 e. The summed E-state index contributed by atoms with van der Waals surface area (Å²) in [5, 5.41) is 17.8. The Morgan fingerprint density at radius 3 is 2.66 bits per heavy atom. The van der Waals surface area contributed by atoms with Crippen molar-refractivity contribution in [2.24, 2.45) is 5.92 Å². The molecular formula is C26H43N7O4S. The van der Waals surface area contributed by atoms with Gasteiger partial charge in [0.05, 0.1) is 36.4 Å². The average molecular weight is 550 g/mol. The molecule has 2 saturated heterocycles. The zero-order chi connectivity index (χ0) is 27.3. The number of anilines is 1. The first-order valence-corrected chi connectivity index (χ1v) is 15.2. The highest BCUT2D eigenvalue weighted by atomic mass is 32.2. The van der Waals surface area contributed by atoms with Gasteiger partial charge in [0.2, 0.25) is 16.0 Å². The van der Waals surface area contributed by atoms with Gasteiger partial charge < -0.3 is 20.1 Å². The summed E-state index contributed by atoms with van der Waals surface area (Å²) in [6.07, 6.45) is 8.61. The molecule has 2 aromatic rings. The fourth-order valence-electron chi connectivity index (χ4n) is 5.32. The second-order valence-corrected chi connectivity index (χ2v) is 13.5. The van der Waals surface area contributed by atoms with Crippen molar-refractivity contribution in [2.75, 3.05) is 57.5 Å². The maximum absolute atomic E-state index is 12.9. The van der Waals surface area contributed by atoms with Gasteiger partial charge in [-0.05, 0) is 71.0 Å². The van der Waals surface area contributed by atoms with Crippen LogP contribution in [0.5, 0.6) is 0 Å². The van der Waals surface area contributed by atoms with E-state index in [0.717, 1.165) is 49.5 Å². The number of methoxy groups -OCH3 is 1. The van der Waals surface area contributed by atoms with Crippen molar-refractivity contribution >= 4 is 16.0 Å². The minimum absolute atomic E-state index is 0.109. The Morgan fingerprint density at radius 1 is 1.18 bits per heavy atom. The lowest BCUT2D eigenvalue weighted by Gasteiger charge is -2.31. The van der Waals surface area contributed by atoms with Crippen molar-refractivity contribution in [3.05, 3.63) is 24.2 Å². The summed E-state index contributed by atoms with van der Waals surface area (Å²) in [5.41, 5.74) is 1.72. The van der Waals surface area contributed by atoms with Gasteiger partial charge in [0.15, 0.2) is 0 Å². The number of piperidine rings is 1. The van der Waals surface area contributed by atoms with Crippen LogP contribution in [-0.4, -0.2) is 106 Å². The third kappa shape index (κ3) is 7.95. The first-order valence-electron chi connectivity index (χ1n) is 13.6. The van der Waals surface area contributed by atoms with Crippen molar-refractivity contribution < 1.29 is 18.3 Å². The molecule has 38 heavy (non-hydrogen) atoms. The molecular weight excluding hydrogens is 506 g/mol. The molecule has 2 fully saturated rings. The molecule has 0 aliphatic carbocycles. The molecule has 0 bridgehead atoms. The number of hydrogen-bond acceptors (Lipinski definition) is 9. The second-order valence-electron chi connectivity index (χ2n) is 11.4. The van der Waals surface area contributed by atoms with Gasteiger partial charge in [-0.1, -0.05) is 0 Å². The first-order chi connectivity index (χ1) is 18.0. The number of aryl methyl sites for hydroxylation is 1. The van der Waals surface area contributed by atoms with E-state index in [1.165, 1.54) is 0 Å². The normalized spacial score (nSPS) is 20.3. The van der Waals surface area contributed by atoms with E-state index >= 15 is 0 Å². The molecule has 2 aliphatic heterocycles.